The van der Waals surface area contributed by atoms with Crippen LogP contribution in [0, 0.1) is 33.0 Å². The minimum Gasteiger partial charge on any atom is -0.486 e. The first-order chi connectivity index (χ1) is 46.4. The Balaban J connectivity index is 7.95. The van der Waals surface area contributed by atoms with Crippen LogP contribution < -0.4 is 0 Å². The van der Waals surface area contributed by atoms with Crippen LogP contribution in [0.5, 0.6) is 0 Å². The molecule has 0 radical (unpaired) electrons. The molecular formula is C86H170O7S2. The molecule has 5 N–H and O–H groups in total. The van der Waals surface area contributed by atoms with E-state index in [1.54, 1.807) is 0 Å². The van der Waals surface area contributed by atoms with E-state index in [-0.39, 0.29) is 32.3 Å². The normalized spacial score (nSPS) is 13.2. The maximum atomic E-state index is 11.0. The molecule has 568 valence electrons. The highest BCUT2D eigenvalue weighted by Gasteiger charge is 2.67. The van der Waals surface area contributed by atoms with Crippen LogP contribution in [-0.2, 0) is 9.47 Å². The Kier molecular flexibility index (Phi) is 65.3. The van der Waals surface area contributed by atoms with Gasteiger partial charge >= 0.3 is 0 Å². The smallest absolute Gasteiger partial charge is 0.166 e. The van der Waals surface area contributed by atoms with Crippen LogP contribution in [0.3, 0.4) is 0 Å². The third-order valence-electron chi connectivity index (χ3n) is 23.1. The average molecular weight is 1380 g/mol. The van der Waals surface area contributed by atoms with Crippen molar-refractivity contribution in [1.82, 2.24) is 0 Å². The van der Waals surface area contributed by atoms with Gasteiger partial charge in [-0.15, -0.1) is 0 Å². The summed E-state index contributed by atoms with van der Waals surface area (Å²) in [4.78, 5) is 0. The van der Waals surface area contributed by atoms with Crippen LogP contribution in [0.4, 0.5) is 0 Å². The van der Waals surface area contributed by atoms with Crippen LogP contribution in [0.2, 0.25) is 0 Å². The topological polar surface area (TPSA) is 120 Å². The standard InChI is InChI=1S/C86H170O7S2/c1-9-16-23-26-29-32-35-38-41-44-47-50-53-56-59-62-65-79(66-63-60-57-54-51-48-45-42-39-36-33-30-27-24-17-10-2)86(81(95)92-77-82(8,72-87)73-88,71-64-61-58-55-52-49-46-43-40-37-34-31-28-25-18-11-3)85(69-21-14-6,70-22-15-7)84(67-19-12-4,68-20-13-5)80(94)93-78-83(74-89,75-90)76-91/h79,87-91H,9-78H2,1-8H3. The summed E-state index contributed by atoms with van der Waals surface area (Å²) in [5.41, 5.74) is -3.86. The van der Waals surface area contributed by atoms with Gasteiger partial charge in [-0.2, -0.15) is 0 Å². The minimum atomic E-state index is -1.24. The Hall–Kier alpha value is -0.420. The molecule has 0 spiro atoms. The lowest BCUT2D eigenvalue weighted by Gasteiger charge is -2.64. The molecule has 0 bridgehead atoms. The zero-order valence-corrected chi connectivity index (χ0v) is 67.1. The molecular weight excluding hydrogens is 1210 g/mol. The molecule has 1 unspecified atom stereocenters. The number of aliphatic hydroxyl groups excluding tert-OH is 5. The van der Waals surface area contributed by atoms with Crippen molar-refractivity contribution in [2.75, 3.05) is 46.2 Å². The van der Waals surface area contributed by atoms with Gasteiger partial charge in [-0.25, -0.2) is 0 Å². The molecule has 0 aromatic carbocycles. The molecule has 0 fully saturated rings. The summed E-state index contributed by atoms with van der Waals surface area (Å²) < 4.78 is 14.6. The van der Waals surface area contributed by atoms with Crippen molar-refractivity contribution in [3.05, 3.63) is 0 Å². The maximum Gasteiger partial charge on any atom is 0.166 e. The van der Waals surface area contributed by atoms with E-state index in [1.165, 1.54) is 283 Å². The number of rotatable bonds is 77. The minimum absolute atomic E-state index is 0.0623. The van der Waals surface area contributed by atoms with E-state index in [9.17, 15) is 25.5 Å². The number of ether oxygens (including phenoxy) is 2. The van der Waals surface area contributed by atoms with Crippen molar-refractivity contribution in [1.29, 1.82) is 0 Å². The Labute approximate surface area is 605 Å². The summed E-state index contributed by atoms with van der Waals surface area (Å²) in [6.07, 6.45) is 78.6. The van der Waals surface area contributed by atoms with Crippen LogP contribution >= 0.6 is 24.4 Å². The second-order valence-corrected chi connectivity index (χ2v) is 32.5. The lowest BCUT2D eigenvalue weighted by molar-refractivity contribution is -0.107. The molecule has 7 nitrogen and oxygen atoms in total. The van der Waals surface area contributed by atoms with Gasteiger partial charge in [0.05, 0.1) is 45.1 Å². The maximum absolute atomic E-state index is 11.0. The molecule has 0 saturated carbocycles. The second kappa shape index (κ2) is 65.6. The van der Waals surface area contributed by atoms with Gasteiger partial charge in [-0.05, 0) is 80.7 Å². The van der Waals surface area contributed by atoms with Crippen molar-refractivity contribution in [3.8, 4) is 0 Å². The van der Waals surface area contributed by atoms with Gasteiger partial charge < -0.3 is 35.0 Å². The molecule has 0 rings (SSSR count). The Morgan fingerprint density at radius 3 is 0.779 bits per heavy atom. The van der Waals surface area contributed by atoms with Crippen LogP contribution in [-0.4, -0.2) is 81.9 Å². The van der Waals surface area contributed by atoms with Gasteiger partial charge in [0.2, 0.25) is 0 Å². The first kappa shape index (κ1) is 94.6. The van der Waals surface area contributed by atoms with Crippen molar-refractivity contribution in [2.24, 2.45) is 33.0 Å². The van der Waals surface area contributed by atoms with Gasteiger partial charge in [0.25, 0.3) is 0 Å². The van der Waals surface area contributed by atoms with E-state index in [0.29, 0.717) is 10.1 Å². The number of thiocarbonyl (C=S) groups is 2. The van der Waals surface area contributed by atoms with Crippen LogP contribution in [0.25, 0.3) is 0 Å². The van der Waals surface area contributed by atoms with E-state index >= 15 is 0 Å². The highest BCUT2D eigenvalue weighted by molar-refractivity contribution is 7.80. The highest BCUT2D eigenvalue weighted by atomic mass is 32.1. The predicted molar refractivity (Wildman–Crippen MR) is 424 cm³/mol. The molecule has 0 aromatic rings. The number of hydrogen-bond acceptors (Lipinski definition) is 9. The predicted octanol–water partition coefficient (Wildman–Crippen LogP) is 26.9. The molecule has 0 aliphatic carbocycles. The van der Waals surface area contributed by atoms with E-state index in [1.807, 2.05) is 6.92 Å². The fourth-order valence-electron chi connectivity index (χ4n) is 16.3. The molecule has 9 heteroatoms. The molecule has 95 heavy (non-hydrogen) atoms. The van der Waals surface area contributed by atoms with Crippen molar-refractivity contribution < 1.29 is 35.0 Å². The lowest BCUT2D eigenvalue weighted by Crippen LogP contribution is -2.63. The molecule has 0 aromatic heterocycles. The Morgan fingerprint density at radius 2 is 0.516 bits per heavy atom. The van der Waals surface area contributed by atoms with Gasteiger partial charge in [-0.1, -0.05) is 415 Å². The molecule has 0 amide bonds. The van der Waals surface area contributed by atoms with Crippen molar-refractivity contribution in [2.45, 2.75) is 460 Å². The zero-order chi connectivity index (χ0) is 70.1. The van der Waals surface area contributed by atoms with E-state index in [0.717, 1.165) is 122 Å². The van der Waals surface area contributed by atoms with E-state index in [2.05, 4.69) is 48.5 Å². The third-order valence-corrected chi connectivity index (χ3v) is 24.1. The first-order valence-corrected chi connectivity index (χ1v) is 43.6. The fraction of sp³-hybridized carbons (Fsp3) is 0.977. The summed E-state index contributed by atoms with van der Waals surface area (Å²) in [6, 6.07) is 0. The molecule has 0 saturated heterocycles. The lowest BCUT2D eigenvalue weighted by atomic mass is 9.40. The monoisotopic (exact) mass is 1380 g/mol. The van der Waals surface area contributed by atoms with Gasteiger partial charge in [-0.3, -0.25) is 0 Å². The molecule has 0 heterocycles. The SMILES string of the molecule is CCCCCCCCCCCCCCCCCCC(CCCCCCCCCCCCCCCCCC)C(CCCCCCCCCCCCCCCCCC)(C(=S)OCC(C)(CO)CO)C(CCCC)(CCCC)C(CCCC)(CCCC)C(=S)OCC(CO)(CO)CO. The third kappa shape index (κ3) is 41.5. The van der Waals surface area contributed by atoms with Gasteiger partial charge in [0.15, 0.2) is 10.1 Å². The summed E-state index contributed by atoms with van der Waals surface area (Å²) in [5, 5.41) is 55.8. The van der Waals surface area contributed by atoms with E-state index < -0.39 is 46.9 Å². The molecule has 1 atom stereocenters. The highest BCUT2D eigenvalue weighted by Crippen LogP contribution is 2.69. The Bertz CT molecular complexity index is 1570. The summed E-state index contributed by atoms with van der Waals surface area (Å²) >= 11 is 14.3. The van der Waals surface area contributed by atoms with E-state index in [4.69, 9.17) is 33.9 Å². The number of unbranched alkanes of at least 4 members (excludes halogenated alkanes) is 49. The summed E-state index contributed by atoms with van der Waals surface area (Å²) in [5.74, 6) is 0.213. The van der Waals surface area contributed by atoms with Crippen molar-refractivity contribution in [3.63, 3.8) is 0 Å². The van der Waals surface area contributed by atoms with Crippen molar-refractivity contribution >= 4 is 34.5 Å². The van der Waals surface area contributed by atoms with Gasteiger partial charge in [0, 0.05) is 16.2 Å². The largest absolute Gasteiger partial charge is 0.486 e. The zero-order valence-electron chi connectivity index (χ0n) is 65.4. The number of aliphatic hydroxyl groups is 5. The average Bonchev–Trinajstić information content (AvgIpc) is 0.700. The fourth-order valence-corrected chi connectivity index (χ4v) is 17.3. The summed E-state index contributed by atoms with van der Waals surface area (Å²) in [6.45, 7) is 16.6. The quantitative estimate of drug-likeness (QED) is 0.0300. The first-order valence-electron chi connectivity index (χ1n) is 42.8. The summed E-state index contributed by atoms with van der Waals surface area (Å²) in [7, 11) is 0. The molecule has 0 aliphatic heterocycles. The second-order valence-electron chi connectivity index (χ2n) is 31.7. The van der Waals surface area contributed by atoms with Gasteiger partial charge in [0.1, 0.15) is 6.61 Å². The van der Waals surface area contributed by atoms with Crippen LogP contribution in [0.15, 0.2) is 0 Å². The molecule has 0 aliphatic rings. The Morgan fingerprint density at radius 1 is 0.274 bits per heavy atom. The number of hydrogen-bond donors (Lipinski definition) is 5. The van der Waals surface area contributed by atoms with Crippen LogP contribution in [0.1, 0.15) is 460 Å².